The fraction of sp³-hybridized carbons (Fsp3) is 0.462. The molecule has 0 aromatic carbocycles. The number of thiazole rings is 1. The van der Waals surface area contributed by atoms with Gasteiger partial charge in [0, 0.05) is 5.38 Å². The molecule has 0 atom stereocenters. The van der Waals surface area contributed by atoms with Crippen LogP contribution in [0, 0.1) is 5.41 Å². The molecular formula is C13H18N2S2. The molecule has 0 spiro atoms. The largest absolute Gasteiger partial charge is 0.330 e. The van der Waals surface area contributed by atoms with Crippen molar-refractivity contribution in [3.8, 4) is 10.6 Å². The molecular weight excluding hydrogens is 248 g/mol. The van der Waals surface area contributed by atoms with Crippen LogP contribution in [0.5, 0.6) is 0 Å². The number of nitrogens with zero attached hydrogens (tertiary/aromatic N) is 1. The third-order valence-electron chi connectivity index (χ3n) is 2.89. The van der Waals surface area contributed by atoms with Gasteiger partial charge in [0.15, 0.2) is 0 Å². The van der Waals surface area contributed by atoms with Crippen LogP contribution in [0.3, 0.4) is 0 Å². The maximum atomic E-state index is 5.74. The van der Waals surface area contributed by atoms with Gasteiger partial charge in [0.2, 0.25) is 0 Å². The summed E-state index contributed by atoms with van der Waals surface area (Å²) in [7, 11) is 0. The summed E-state index contributed by atoms with van der Waals surface area (Å²) in [5.41, 5.74) is 7.07. The molecule has 92 valence electrons. The second-order valence-corrected chi connectivity index (χ2v) is 6.86. The van der Waals surface area contributed by atoms with E-state index < -0.39 is 0 Å². The first-order valence-electron chi connectivity index (χ1n) is 5.79. The maximum absolute atomic E-state index is 5.74. The average Bonchev–Trinajstić information content (AvgIpc) is 2.97. The van der Waals surface area contributed by atoms with E-state index in [4.69, 9.17) is 5.73 Å². The minimum absolute atomic E-state index is 0.217. The Bertz CT molecular complexity index is 457. The molecule has 2 heterocycles. The van der Waals surface area contributed by atoms with Crippen LogP contribution in [0.25, 0.3) is 10.6 Å². The van der Waals surface area contributed by atoms with Gasteiger partial charge in [-0.25, -0.2) is 4.98 Å². The summed E-state index contributed by atoms with van der Waals surface area (Å²) in [4.78, 5) is 5.93. The van der Waals surface area contributed by atoms with Crippen molar-refractivity contribution in [2.24, 2.45) is 11.1 Å². The lowest BCUT2D eigenvalue weighted by Gasteiger charge is -2.21. The van der Waals surface area contributed by atoms with Gasteiger partial charge in [-0.1, -0.05) is 19.9 Å². The number of aryl methyl sites for hydroxylation is 1. The van der Waals surface area contributed by atoms with Gasteiger partial charge in [-0.3, -0.25) is 0 Å². The van der Waals surface area contributed by atoms with Crippen molar-refractivity contribution in [2.75, 3.05) is 6.54 Å². The van der Waals surface area contributed by atoms with Crippen LogP contribution in [0.1, 0.15) is 25.3 Å². The Kier molecular flexibility index (Phi) is 3.97. The molecule has 2 aromatic heterocycles. The van der Waals surface area contributed by atoms with Crippen LogP contribution >= 0.6 is 22.7 Å². The van der Waals surface area contributed by atoms with Crippen LogP contribution in [-0.4, -0.2) is 11.5 Å². The van der Waals surface area contributed by atoms with Gasteiger partial charge >= 0.3 is 0 Å². The second kappa shape index (κ2) is 5.29. The molecule has 0 aliphatic rings. The zero-order valence-corrected chi connectivity index (χ0v) is 11.9. The summed E-state index contributed by atoms with van der Waals surface area (Å²) in [5, 5.41) is 5.46. The molecule has 2 aromatic rings. The second-order valence-electron chi connectivity index (χ2n) is 4.97. The van der Waals surface area contributed by atoms with Crippen LogP contribution in [0.15, 0.2) is 22.9 Å². The van der Waals surface area contributed by atoms with E-state index in [-0.39, 0.29) is 5.41 Å². The first kappa shape index (κ1) is 12.7. The fourth-order valence-electron chi connectivity index (χ4n) is 1.51. The topological polar surface area (TPSA) is 38.9 Å². The highest BCUT2D eigenvalue weighted by molar-refractivity contribution is 7.14. The summed E-state index contributed by atoms with van der Waals surface area (Å²) in [5.74, 6) is 0. The zero-order valence-electron chi connectivity index (χ0n) is 10.3. The smallest absolute Gasteiger partial charge is 0.0933 e. The molecule has 17 heavy (non-hydrogen) atoms. The van der Waals surface area contributed by atoms with Crippen molar-refractivity contribution in [1.29, 1.82) is 0 Å². The first-order chi connectivity index (χ1) is 8.11. The van der Waals surface area contributed by atoms with Gasteiger partial charge in [-0.15, -0.1) is 22.7 Å². The molecule has 0 aliphatic carbocycles. The molecule has 0 radical (unpaired) electrons. The minimum Gasteiger partial charge on any atom is -0.330 e. The molecule has 0 unspecified atom stereocenters. The molecule has 4 heteroatoms. The van der Waals surface area contributed by atoms with Crippen molar-refractivity contribution < 1.29 is 0 Å². The Morgan fingerprint density at radius 3 is 2.82 bits per heavy atom. The van der Waals surface area contributed by atoms with Crippen molar-refractivity contribution in [2.45, 2.75) is 26.7 Å². The Labute approximate surface area is 111 Å². The lowest BCUT2D eigenvalue weighted by molar-refractivity contribution is 0.348. The fourth-order valence-corrected chi connectivity index (χ4v) is 3.07. The number of rotatable bonds is 5. The third kappa shape index (κ3) is 3.37. The summed E-state index contributed by atoms with van der Waals surface area (Å²) in [6, 6.07) is 4.18. The van der Waals surface area contributed by atoms with Crippen molar-refractivity contribution >= 4 is 22.7 Å². The molecule has 0 saturated heterocycles. The Morgan fingerprint density at radius 2 is 2.18 bits per heavy atom. The standard InChI is InChI=1S/C13H18N2S2/c1-13(2,9-14)6-5-12-15-10(8-17-12)11-4-3-7-16-11/h3-4,7-8H,5-6,9,14H2,1-2H3. The van der Waals surface area contributed by atoms with E-state index in [0.29, 0.717) is 0 Å². The maximum Gasteiger partial charge on any atom is 0.0933 e. The average molecular weight is 266 g/mol. The van der Waals surface area contributed by atoms with Crippen molar-refractivity contribution in [3.05, 3.63) is 27.9 Å². The minimum atomic E-state index is 0.217. The molecule has 0 saturated carbocycles. The van der Waals surface area contributed by atoms with E-state index in [1.165, 1.54) is 9.88 Å². The predicted octanol–water partition coefficient (Wildman–Crippen LogP) is 3.79. The van der Waals surface area contributed by atoms with Crippen LogP contribution in [0.2, 0.25) is 0 Å². The highest BCUT2D eigenvalue weighted by atomic mass is 32.1. The quantitative estimate of drug-likeness (QED) is 0.894. The lowest BCUT2D eigenvalue weighted by Crippen LogP contribution is -2.23. The summed E-state index contributed by atoms with van der Waals surface area (Å²) >= 11 is 3.50. The number of nitrogens with two attached hydrogens (primary N) is 1. The van der Waals surface area contributed by atoms with Crippen LogP contribution < -0.4 is 5.73 Å². The molecule has 0 fully saturated rings. The molecule has 2 nitrogen and oxygen atoms in total. The van der Waals surface area contributed by atoms with Gasteiger partial charge in [-0.2, -0.15) is 0 Å². The monoisotopic (exact) mass is 266 g/mol. The van der Waals surface area contributed by atoms with E-state index in [1.54, 1.807) is 22.7 Å². The van der Waals surface area contributed by atoms with E-state index in [0.717, 1.165) is 25.1 Å². The van der Waals surface area contributed by atoms with E-state index in [1.807, 2.05) is 0 Å². The summed E-state index contributed by atoms with van der Waals surface area (Å²) in [6.45, 7) is 5.15. The van der Waals surface area contributed by atoms with Crippen molar-refractivity contribution in [3.63, 3.8) is 0 Å². The normalized spacial score (nSPS) is 11.9. The molecule has 2 N–H and O–H groups in total. The number of thiophene rings is 1. The van der Waals surface area contributed by atoms with E-state index in [2.05, 4.69) is 41.7 Å². The zero-order chi connectivity index (χ0) is 12.3. The SMILES string of the molecule is CC(C)(CN)CCc1nc(-c2cccs2)cs1. The van der Waals surface area contributed by atoms with Gasteiger partial charge in [-0.05, 0) is 36.2 Å². The molecule has 0 amide bonds. The van der Waals surface area contributed by atoms with Crippen LogP contribution in [-0.2, 0) is 6.42 Å². The van der Waals surface area contributed by atoms with Gasteiger partial charge < -0.3 is 5.73 Å². The first-order valence-corrected chi connectivity index (χ1v) is 7.55. The molecule has 0 aliphatic heterocycles. The van der Waals surface area contributed by atoms with Gasteiger partial charge in [0.05, 0.1) is 15.6 Å². The Hall–Kier alpha value is -0.710. The van der Waals surface area contributed by atoms with Crippen molar-refractivity contribution in [1.82, 2.24) is 4.98 Å². The summed E-state index contributed by atoms with van der Waals surface area (Å²) in [6.07, 6.45) is 2.13. The number of hydrogen-bond donors (Lipinski definition) is 1. The highest BCUT2D eigenvalue weighted by Gasteiger charge is 2.16. The predicted molar refractivity (Wildman–Crippen MR) is 76.6 cm³/mol. The van der Waals surface area contributed by atoms with E-state index in [9.17, 15) is 0 Å². The van der Waals surface area contributed by atoms with Crippen LogP contribution in [0.4, 0.5) is 0 Å². The number of aromatic nitrogens is 1. The number of hydrogen-bond acceptors (Lipinski definition) is 4. The third-order valence-corrected chi connectivity index (χ3v) is 4.69. The van der Waals surface area contributed by atoms with E-state index >= 15 is 0 Å². The lowest BCUT2D eigenvalue weighted by atomic mass is 9.88. The summed E-state index contributed by atoms with van der Waals surface area (Å²) < 4.78 is 0. The highest BCUT2D eigenvalue weighted by Crippen LogP contribution is 2.28. The van der Waals surface area contributed by atoms with Gasteiger partial charge in [0.25, 0.3) is 0 Å². The van der Waals surface area contributed by atoms with Gasteiger partial charge in [0.1, 0.15) is 0 Å². The molecule has 0 bridgehead atoms. The Balaban J connectivity index is 2.00. The Morgan fingerprint density at radius 1 is 1.35 bits per heavy atom. The molecule has 2 rings (SSSR count).